The predicted molar refractivity (Wildman–Crippen MR) is 73.2 cm³/mol. The standard InChI is InChI=1S/C15H22N2O/c1-11-5-4-8-15(2,3)13(11)14(18)17-12-6-9-16-10-7-12/h6-7,9-11,13H,4-5,8H2,1-3H3,(H,16,17,18)/t11-,13?/m0/s1. The second-order valence-electron chi connectivity index (χ2n) is 6.06. The van der Waals surface area contributed by atoms with E-state index in [-0.39, 0.29) is 17.2 Å². The molecular weight excluding hydrogens is 224 g/mol. The van der Waals surface area contributed by atoms with E-state index in [4.69, 9.17) is 0 Å². The molecule has 1 aliphatic carbocycles. The van der Waals surface area contributed by atoms with Crippen LogP contribution in [0.5, 0.6) is 0 Å². The van der Waals surface area contributed by atoms with Crippen LogP contribution in [-0.2, 0) is 4.79 Å². The third kappa shape index (κ3) is 2.71. The van der Waals surface area contributed by atoms with Gasteiger partial charge in [0.05, 0.1) is 0 Å². The van der Waals surface area contributed by atoms with Crippen LogP contribution in [0.1, 0.15) is 40.0 Å². The molecule has 1 aliphatic rings. The lowest BCUT2D eigenvalue weighted by atomic mass is 9.64. The molecule has 1 amide bonds. The molecule has 1 fully saturated rings. The van der Waals surface area contributed by atoms with Gasteiger partial charge in [0.1, 0.15) is 0 Å². The quantitative estimate of drug-likeness (QED) is 0.868. The molecule has 0 aromatic carbocycles. The summed E-state index contributed by atoms with van der Waals surface area (Å²) in [6.07, 6.45) is 6.91. The fourth-order valence-corrected chi connectivity index (χ4v) is 3.24. The van der Waals surface area contributed by atoms with Gasteiger partial charge in [0.25, 0.3) is 0 Å². The first-order valence-electron chi connectivity index (χ1n) is 6.71. The van der Waals surface area contributed by atoms with Crippen molar-refractivity contribution >= 4 is 11.6 Å². The van der Waals surface area contributed by atoms with E-state index in [1.165, 1.54) is 6.42 Å². The van der Waals surface area contributed by atoms with Crippen molar-refractivity contribution in [3.8, 4) is 0 Å². The molecule has 1 N–H and O–H groups in total. The van der Waals surface area contributed by atoms with Crippen molar-refractivity contribution in [1.82, 2.24) is 4.98 Å². The van der Waals surface area contributed by atoms with E-state index in [9.17, 15) is 4.79 Å². The van der Waals surface area contributed by atoms with E-state index < -0.39 is 0 Å². The molecule has 0 spiro atoms. The Morgan fingerprint density at radius 1 is 1.39 bits per heavy atom. The molecule has 2 atom stereocenters. The average molecular weight is 246 g/mol. The number of aromatic nitrogens is 1. The molecule has 3 heteroatoms. The van der Waals surface area contributed by atoms with E-state index in [0.717, 1.165) is 18.5 Å². The van der Waals surface area contributed by atoms with Gasteiger partial charge in [-0.3, -0.25) is 9.78 Å². The Morgan fingerprint density at radius 2 is 2.06 bits per heavy atom. The van der Waals surface area contributed by atoms with Crippen LogP contribution in [0.4, 0.5) is 5.69 Å². The molecule has 18 heavy (non-hydrogen) atoms. The molecule has 3 nitrogen and oxygen atoms in total. The van der Waals surface area contributed by atoms with Gasteiger partial charge in [-0.15, -0.1) is 0 Å². The monoisotopic (exact) mass is 246 g/mol. The summed E-state index contributed by atoms with van der Waals surface area (Å²) < 4.78 is 0. The maximum absolute atomic E-state index is 12.5. The summed E-state index contributed by atoms with van der Waals surface area (Å²) in [5.41, 5.74) is 0.929. The Labute approximate surface area is 109 Å². The van der Waals surface area contributed by atoms with Gasteiger partial charge < -0.3 is 5.32 Å². The lowest BCUT2D eigenvalue weighted by Gasteiger charge is -2.41. The predicted octanol–water partition coefficient (Wildman–Crippen LogP) is 3.48. The number of hydrogen-bond acceptors (Lipinski definition) is 2. The number of nitrogens with one attached hydrogen (secondary N) is 1. The number of pyridine rings is 1. The van der Waals surface area contributed by atoms with Gasteiger partial charge in [0.15, 0.2) is 0 Å². The summed E-state index contributed by atoms with van der Waals surface area (Å²) >= 11 is 0. The highest BCUT2D eigenvalue weighted by Crippen LogP contribution is 2.44. The van der Waals surface area contributed by atoms with E-state index in [1.807, 2.05) is 12.1 Å². The number of amides is 1. The van der Waals surface area contributed by atoms with Crippen LogP contribution in [0, 0.1) is 17.3 Å². The highest BCUT2D eigenvalue weighted by molar-refractivity contribution is 5.93. The van der Waals surface area contributed by atoms with Gasteiger partial charge in [0.2, 0.25) is 5.91 Å². The molecule has 0 radical (unpaired) electrons. The van der Waals surface area contributed by atoms with Crippen LogP contribution in [0.25, 0.3) is 0 Å². The molecule has 1 aromatic heterocycles. The molecule has 0 aliphatic heterocycles. The second kappa shape index (κ2) is 5.09. The number of carbonyl (C=O) groups excluding carboxylic acids is 1. The topological polar surface area (TPSA) is 42.0 Å². The van der Waals surface area contributed by atoms with Gasteiger partial charge >= 0.3 is 0 Å². The smallest absolute Gasteiger partial charge is 0.228 e. The third-order valence-corrected chi connectivity index (χ3v) is 4.12. The summed E-state index contributed by atoms with van der Waals surface area (Å²) in [6.45, 7) is 6.61. The molecule has 98 valence electrons. The minimum atomic E-state index is 0.0920. The highest BCUT2D eigenvalue weighted by Gasteiger charge is 2.41. The first-order chi connectivity index (χ1) is 8.50. The van der Waals surface area contributed by atoms with Crippen LogP contribution >= 0.6 is 0 Å². The number of hydrogen-bond donors (Lipinski definition) is 1. The molecule has 1 saturated carbocycles. The largest absolute Gasteiger partial charge is 0.326 e. The maximum atomic E-state index is 12.5. The molecule has 1 aromatic rings. The molecule has 2 rings (SSSR count). The van der Waals surface area contributed by atoms with E-state index in [2.05, 4.69) is 31.1 Å². The SMILES string of the molecule is C[C@H]1CCCC(C)(C)C1C(=O)Nc1ccncc1. The van der Waals surface area contributed by atoms with Gasteiger partial charge in [-0.2, -0.15) is 0 Å². The number of carbonyl (C=O) groups is 1. The Bertz CT molecular complexity index is 414. The average Bonchev–Trinajstić information content (AvgIpc) is 2.28. The Hall–Kier alpha value is -1.38. The zero-order valence-corrected chi connectivity index (χ0v) is 11.4. The molecule has 1 heterocycles. The second-order valence-corrected chi connectivity index (χ2v) is 6.06. The first-order valence-corrected chi connectivity index (χ1v) is 6.71. The van der Waals surface area contributed by atoms with Crippen LogP contribution in [0.2, 0.25) is 0 Å². The fraction of sp³-hybridized carbons (Fsp3) is 0.600. The van der Waals surface area contributed by atoms with Crippen molar-refractivity contribution in [2.45, 2.75) is 40.0 Å². The summed E-state index contributed by atoms with van der Waals surface area (Å²) in [6, 6.07) is 3.66. The Balaban J connectivity index is 2.12. The van der Waals surface area contributed by atoms with Crippen molar-refractivity contribution < 1.29 is 4.79 Å². The van der Waals surface area contributed by atoms with Crippen molar-refractivity contribution in [3.63, 3.8) is 0 Å². The zero-order valence-electron chi connectivity index (χ0n) is 11.4. The van der Waals surface area contributed by atoms with Gasteiger partial charge in [-0.1, -0.05) is 27.2 Å². The minimum absolute atomic E-state index is 0.0920. The van der Waals surface area contributed by atoms with Crippen molar-refractivity contribution in [2.75, 3.05) is 5.32 Å². The molecule has 0 saturated heterocycles. The number of anilines is 1. The van der Waals surface area contributed by atoms with Gasteiger partial charge in [0, 0.05) is 24.0 Å². The normalized spacial score (nSPS) is 26.6. The minimum Gasteiger partial charge on any atom is -0.326 e. The number of rotatable bonds is 2. The lowest BCUT2D eigenvalue weighted by Crippen LogP contribution is -2.42. The summed E-state index contributed by atoms with van der Waals surface area (Å²) in [7, 11) is 0. The van der Waals surface area contributed by atoms with Crippen molar-refractivity contribution in [2.24, 2.45) is 17.3 Å². The van der Waals surface area contributed by atoms with E-state index >= 15 is 0 Å². The summed E-state index contributed by atoms with van der Waals surface area (Å²) in [5, 5.41) is 3.02. The van der Waals surface area contributed by atoms with E-state index in [0.29, 0.717) is 5.92 Å². The van der Waals surface area contributed by atoms with Crippen molar-refractivity contribution in [1.29, 1.82) is 0 Å². The van der Waals surface area contributed by atoms with Crippen molar-refractivity contribution in [3.05, 3.63) is 24.5 Å². The van der Waals surface area contributed by atoms with E-state index in [1.54, 1.807) is 12.4 Å². The summed E-state index contributed by atoms with van der Waals surface area (Å²) in [4.78, 5) is 16.4. The van der Waals surface area contributed by atoms with Gasteiger partial charge in [-0.05, 0) is 36.3 Å². The Kier molecular flexibility index (Phi) is 3.69. The molecular formula is C15H22N2O. The third-order valence-electron chi connectivity index (χ3n) is 4.12. The van der Waals surface area contributed by atoms with Gasteiger partial charge in [-0.25, -0.2) is 0 Å². The van der Waals surface area contributed by atoms with Crippen LogP contribution in [0.15, 0.2) is 24.5 Å². The van der Waals surface area contributed by atoms with Crippen LogP contribution < -0.4 is 5.32 Å². The van der Waals surface area contributed by atoms with Crippen LogP contribution in [0.3, 0.4) is 0 Å². The first kappa shape index (κ1) is 13.1. The fourth-order valence-electron chi connectivity index (χ4n) is 3.24. The zero-order chi connectivity index (χ0) is 13.2. The highest BCUT2D eigenvalue weighted by atomic mass is 16.1. The Morgan fingerprint density at radius 3 is 2.67 bits per heavy atom. The lowest BCUT2D eigenvalue weighted by molar-refractivity contribution is -0.127. The number of nitrogens with zero attached hydrogens (tertiary/aromatic N) is 1. The molecule has 1 unspecified atom stereocenters. The maximum Gasteiger partial charge on any atom is 0.228 e. The van der Waals surface area contributed by atoms with Crippen LogP contribution in [-0.4, -0.2) is 10.9 Å². The molecule has 0 bridgehead atoms. The summed E-state index contributed by atoms with van der Waals surface area (Å²) in [5.74, 6) is 0.702.